The molecule has 1 heterocycles. The first-order valence-corrected chi connectivity index (χ1v) is 10.9. The van der Waals surface area contributed by atoms with Crippen molar-refractivity contribution in [2.45, 2.75) is 26.7 Å². The summed E-state index contributed by atoms with van der Waals surface area (Å²) in [4.78, 5) is 12.7. The van der Waals surface area contributed by atoms with Crippen molar-refractivity contribution < 1.29 is 9.53 Å². The van der Waals surface area contributed by atoms with Gasteiger partial charge in [0.1, 0.15) is 5.75 Å². The van der Waals surface area contributed by atoms with Crippen molar-refractivity contribution in [2.75, 3.05) is 11.9 Å². The van der Waals surface area contributed by atoms with E-state index in [1.165, 1.54) is 0 Å². The molecule has 0 aliphatic carbocycles. The molecule has 0 aliphatic rings. The lowest BCUT2D eigenvalue weighted by Gasteiger charge is -2.10. The van der Waals surface area contributed by atoms with Gasteiger partial charge in [0.05, 0.1) is 23.7 Å². The predicted molar refractivity (Wildman–Crippen MR) is 129 cm³/mol. The third-order valence-corrected chi connectivity index (χ3v) is 5.15. The van der Waals surface area contributed by atoms with E-state index in [-0.39, 0.29) is 5.91 Å². The quantitative estimate of drug-likeness (QED) is 0.338. The Hall–Kier alpha value is -3.86. The van der Waals surface area contributed by atoms with Crippen LogP contribution in [0.15, 0.2) is 84.9 Å². The Morgan fingerprint density at radius 3 is 2.38 bits per heavy atom. The van der Waals surface area contributed by atoms with Gasteiger partial charge < -0.3 is 10.1 Å². The Morgan fingerprint density at radius 1 is 0.969 bits per heavy atom. The smallest absolute Gasteiger partial charge is 0.255 e. The molecule has 1 N–H and O–H groups in total. The summed E-state index contributed by atoms with van der Waals surface area (Å²) in [6.07, 6.45) is 2.12. The van der Waals surface area contributed by atoms with Gasteiger partial charge in [0.15, 0.2) is 0 Å². The van der Waals surface area contributed by atoms with Gasteiger partial charge in [0.2, 0.25) is 0 Å². The second kappa shape index (κ2) is 9.96. The van der Waals surface area contributed by atoms with Crippen molar-refractivity contribution in [1.82, 2.24) is 9.78 Å². The summed E-state index contributed by atoms with van der Waals surface area (Å²) in [5, 5.41) is 7.57. The van der Waals surface area contributed by atoms with E-state index in [1.807, 2.05) is 78.3 Å². The summed E-state index contributed by atoms with van der Waals surface area (Å²) in [7, 11) is 0. The van der Waals surface area contributed by atoms with Crippen LogP contribution < -0.4 is 10.1 Å². The number of unbranched alkanes of at least 4 members (excludes halogenated alkanes) is 1. The number of nitrogens with zero attached hydrogens (tertiary/aromatic N) is 2. The molecule has 0 radical (unpaired) electrons. The Kier molecular flexibility index (Phi) is 6.66. The van der Waals surface area contributed by atoms with Crippen LogP contribution in [0.1, 0.15) is 35.8 Å². The Bertz CT molecular complexity index is 1160. The maximum Gasteiger partial charge on any atom is 0.255 e. The number of ether oxygens (including phenoxy) is 1. The van der Waals surface area contributed by atoms with Crippen LogP contribution in [-0.4, -0.2) is 22.3 Å². The van der Waals surface area contributed by atoms with Gasteiger partial charge in [-0.1, -0.05) is 43.7 Å². The maximum absolute atomic E-state index is 12.7. The zero-order valence-corrected chi connectivity index (χ0v) is 18.4. The molecule has 0 saturated heterocycles. The van der Waals surface area contributed by atoms with E-state index in [0.29, 0.717) is 12.2 Å². The molecule has 4 rings (SSSR count). The van der Waals surface area contributed by atoms with Crippen molar-refractivity contribution in [2.24, 2.45) is 0 Å². The number of nitrogens with one attached hydrogen (secondary N) is 1. The van der Waals surface area contributed by atoms with Gasteiger partial charge in [-0.3, -0.25) is 4.79 Å². The minimum atomic E-state index is -0.156. The largest absolute Gasteiger partial charge is 0.494 e. The van der Waals surface area contributed by atoms with E-state index in [1.54, 1.807) is 0 Å². The normalized spacial score (nSPS) is 10.7. The van der Waals surface area contributed by atoms with Crippen LogP contribution in [0.5, 0.6) is 5.75 Å². The number of anilines is 1. The zero-order valence-electron chi connectivity index (χ0n) is 18.4. The lowest BCUT2D eigenvalue weighted by Crippen LogP contribution is -2.12. The van der Waals surface area contributed by atoms with E-state index in [4.69, 9.17) is 4.74 Å². The van der Waals surface area contributed by atoms with Crippen molar-refractivity contribution >= 4 is 11.6 Å². The molecule has 0 saturated carbocycles. The number of carbonyl (C=O) groups is 1. The number of aryl methyl sites for hydroxylation is 1. The van der Waals surface area contributed by atoms with Crippen LogP contribution in [0.4, 0.5) is 5.69 Å². The molecule has 3 aromatic carbocycles. The van der Waals surface area contributed by atoms with Crippen molar-refractivity contribution in [3.8, 4) is 22.7 Å². The highest BCUT2D eigenvalue weighted by molar-refractivity contribution is 6.04. The summed E-state index contributed by atoms with van der Waals surface area (Å²) in [6, 6.07) is 27.1. The van der Waals surface area contributed by atoms with E-state index < -0.39 is 0 Å². The monoisotopic (exact) mass is 425 g/mol. The van der Waals surface area contributed by atoms with Crippen LogP contribution in [0.25, 0.3) is 16.9 Å². The van der Waals surface area contributed by atoms with Gasteiger partial charge in [-0.25, -0.2) is 4.68 Å². The SMILES string of the molecule is CCCCOc1ccc(NC(=O)c2ccc(-n3nc(C)cc3-c3ccccc3)cc2)cc1. The van der Waals surface area contributed by atoms with Gasteiger partial charge in [-0.15, -0.1) is 0 Å². The van der Waals surface area contributed by atoms with Crippen LogP contribution >= 0.6 is 0 Å². The number of benzene rings is 3. The number of aromatic nitrogens is 2. The van der Waals surface area contributed by atoms with E-state index >= 15 is 0 Å². The molecule has 32 heavy (non-hydrogen) atoms. The molecule has 0 aliphatic heterocycles. The van der Waals surface area contributed by atoms with Gasteiger partial charge in [-0.05, 0) is 67.9 Å². The van der Waals surface area contributed by atoms with Crippen LogP contribution in [0.3, 0.4) is 0 Å². The molecule has 0 fully saturated rings. The molecule has 0 atom stereocenters. The number of hydrogen-bond acceptors (Lipinski definition) is 3. The van der Waals surface area contributed by atoms with Crippen molar-refractivity contribution in [3.05, 3.63) is 96.2 Å². The van der Waals surface area contributed by atoms with E-state index in [9.17, 15) is 4.79 Å². The lowest BCUT2D eigenvalue weighted by molar-refractivity contribution is 0.102. The third-order valence-electron chi connectivity index (χ3n) is 5.15. The average Bonchev–Trinajstić information content (AvgIpc) is 3.23. The maximum atomic E-state index is 12.7. The number of hydrogen-bond donors (Lipinski definition) is 1. The lowest BCUT2D eigenvalue weighted by atomic mass is 10.1. The summed E-state index contributed by atoms with van der Waals surface area (Å²) in [5.74, 6) is 0.653. The highest BCUT2D eigenvalue weighted by Crippen LogP contribution is 2.24. The van der Waals surface area contributed by atoms with E-state index in [2.05, 4.69) is 35.5 Å². The zero-order chi connectivity index (χ0) is 22.3. The highest BCUT2D eigenvalue weighted by atomic mass is 16.5. The molecule has 0 unspecified atom stereocenters. The molecule has 1 amide bonds. The Labute approximate surface area is 188 Å². The van der Waals surface area contributed by atoms with Gasteiger partial charge in [-0.2, -0.15) is 5.10 Å². The number of amides is 1. The molecular formula is C27H27N3O2. The minimum absolute atomic E-state index is 0.156. The van der Waals surface area contributed by atoms with Gasteiger partial charge in [0.25, 0.3) is 5.91 Å². The fraction of sp³-hybridized carbons (Fsp3) is 0.185. The molecular weight excluding hydrogens is 398 g/mol. The van der Waals surface area contributed by atoms with Crippen molar-refractivity contribution in [3.63, 3.8) is 0 Å². The van der Waals surface area contributed by atoms with Crippen LogP contribution in [-0.2, 0) is 0 Å². The summed E-state index contributed by atoms with van der Waals surface area (Å²) < 4.78 is 7.57. The van der Waals surface area contributed by atoms with E-state index in [0.717, 1.165) is 46.9 Å². The van der Waals surface area contributed by atoms with Crippen molar-refractivity contribution in [1.29, 1.82) is 0 Å². The summed E-state index contributed by atoms with van der Waals surface area (Å²) in [6.45, 7) is 4.81. The first kappa shape index (κ1) is 21.4. The predicted octanol–water partition coefficient (Wildman–Crippen LogP) is 6.28. The number of carbonyl (C=O) groups excluding carboxylic acids is 1. The highest BCUT2D eigenvalue weighted by Gasteiger charge is 2.11. The third kappa shape index (κ3) is 5.06. The molecule has 1 aromatic heterocycles. The average molecular weight is 426 g/mol. The molecule has 0 bridgehead atoms. The number of rotatable bonds is 8. The van der Waals surface area contributed by atoms with Gasteiger partial charge >= 0.3 is 0 Å². The molecule has 0 spiro atoms. The fourth-order valence-corrected chi connectivity index (χ4v) is 3.44. The standard InChI is InChI=1S/C27H27N3O2/c1-3-4-18-32-25-16-12-23(13-17-25)28-27(31)22-10-14-24(15-11-22)30-26(19-20(2)29-30)21-8-6-5-7-9-21/h5-17,19H,3-4,18H2,1-2H3,(H,28,31). The fourth-order valence-electron chi connectivity index (χ4n) is 3.44. The summed E-state index contributed by atoms with van der Waals surface area (Å²) >= 11 is 0. The first-order chi connectivity index (χ1) is 15.6. The molecule has 4 aromatic rings. The second-order valence-corrected chi connectivity index (χ2v) is 7.68. The molecule has 5 nitrogen and oxygen atoms in total. The van der Waals surface area contributed by atoms with Crippen LogP contribution in [0, 0.1) is 6.92 Å². The first-order valence-electron chi connectivity index (χ1n) is 10.9. The Morgan fingerprint density at radius 2 is 1.69 bits per heavy atom. The minimum Gasteiger partial charge on any atom is -0.494 e. The summed E-state index contributed by atoms with van der Waals surface area (Å²) in [5.41, 5.74) is 5.27. The molecule has 5 heteroatoms. The topological polar surface area (TPSA) is 56.1 Å². The Balaban J connectivity index is 1.46. The second-order valence-electron chi connectivity index (χ2n) is 7.68. The molecule has 162 valence electrons. The van der Waals surface area contributed by atoms with Crippen LogP contribution in [0.2, 0.25) is 0 Å². The van der Waals surface area contributed by atoms with Gasteiger partial charge in [0, 0.05) is 16.8 Å².